The van der Waals surface area contributed by atoms with E-state index in [4.69, 9.17) is 10.3 Å². The van der Waals surface area contributed by atoms with Crippen LogP contribution < -0.4 is 10.6 Å². The van der Waals surface area contributed by atoms with Gasteiger partial charge in [0.1, 0.15) is 0 Å². The van der Waals surface area contributed by atoms with Crippen molar-refractivity contribution < 1.29 is 4.52 Å². The van der Waals surface area contributed by atoms with Crippen LogP contribution in [0.4, 0.5) is 5.88 Å². The number of hydrogen-bond acceptors (Lipinski definition) is 4. The molecule has 2 rings (SSSR count). The summed E-state index contributed by atoms with van der Waals surface area (Å²) in [6, 6.07) is 1.92. The van der Waals surface area contributed by atoms with Crippen LogP contribution in [0.3, 0.4) is 0 Å². The summed E-state index contributed by atoms with van der Waals surface area (Å²) < 4.78 is 5.14. The molecule has 1 aliphatic heterocycles. The lowest BCUT2D eigenvalue weighted by Crippen LogP contribution is -2.16. The van der Waals surface area contributed by atoms with Gasteiger partial charge in [0.05, 0.1) is 5.69 Å². The molecule has 0 aliphatic carbocycles. The molecule has 0 bridgehead atoms. The number of hydrogen-bond donors (Lipinski definition) is 1. The van der Waals surface area contributed by atoms with Gasteiger partial charge in [-0.2, -0.15) is 0 Å². The van der Waals surface area contributed by atoms with E-state index in [0.717, 1.165) is 24.7 Å². The van der Waals surface area contributed by atoms with Crippen LogP contribution in [0.2, 0.25) is 0 Å². The molecule has 0 aromatic carbocycles. The monoisotopic (exact) mass is 167 g/mol. The zero-order chi connectivity index (χ0) is 8.39. The molecule has 1 saturated heterocycles. The molecule has 0 saturated carbocycles. The molecule has 2 N–H and O–H groups in total. The van der Waals surface area contributed by atoms with Gasteiger partial charge in [-0.1, -0.05) is 5.16 Å². The van der Waals surface area contributed by atoms with Gasteiger partial charge in [0, 0.05) is 25.7 Å². The summed E-state index contributed by atoms with van der Waals surface area (Å²) in [6.07, 6.45) is 2.50. The molecule has 12 heavy (non-hydrogen) atoms. The quantitative estimate of drug-likeness (QED) is 0.705. The number of rotatable bonds is 2. The third-order valence-corrected chi connectivity index (χ3v) is 2.17. The Labute approximate surface area is 71.3 Å². The average molecular weight is 167 g/mol. The van der Waals surface area contributed by atoms with Crippen molar-refractivity contribution in [3.8, 4) is 0 Å². The molecule has 0 spiro atoms. The highest BCUT2D eigenvalue weighted by molar-refractivity contribution is 5.36. The Morgan fingerprint density at radius 1 is 1.50 bits per heavy atom. The first-order valence-electron chi connectivity index (χ1n) is 4.31. The fraction of sp³-hybridized carbons (Fsp3) is 0.625. The van der Waals surface area contributed by atoms with E-state index in [9.17, 15) is 0 Å². The predicted molar refractivity (Wildman–Crippen MR) is 45.8 cm³/mol. The number of anilines is 1. The molecule has 2 heterocycles. The molecule has 1 aromatic rings. The third kappa shape index (κ3) is 1.30. The largest absolute Gasteiger partial charge is 0.341 e. The van der Waals surface area contributed by atoms with Gasteiger partial charge in [-0.15, -0.1) is 0 Å². The summed E-state index contributed by atoms with van der Waals surface area (Å²) in [5.74, 6) is 0.868. The molecule has 4 heteroatoms. The minimum atomic E-state index is 0.456. The molecular weight excluding hydrogens is 154 g/mol. The van der Waals surface area contributed by atoms with Crippen LogP contribution in [-0.4, -0.2) is 18.2 Å². The molecule has 0 atom stereocenters. The fourth-order valence-electron chi connectivity index (χ4n) is 1.48. The lowest BCUT2D eigenvalue weighted by molar-refractivity contribution is 0.412. The van der Waals surface area contributed by atoms with Crippen molar-refractivity contribution in [2.75, 3.05) is 18.0 Å². The van der Waals surface area contributed by atoms with Crippen molar-refractivity contribution in [2.24, 2.45) is 5.73 Å². The van der Waals surface area contributed by atoms with Crippen molar-refractivity contribution in [3.05, 3.63) is 11.8 Å². The van der Waals surface area contributed by atoms with Crippen LogP contribution in [0.15, 0.2) is 10.6 Å². The SMILES string of the molecule is NCc1cc(N2CCCC2)on1. The van der Waals surface area contributed by atoms with E-state index >= 15 is 0 Å². The van der Waals surface area contributed by atoms with E-state index in [-0.39, 0.29) is 0 Å². The maximum Gasteiger partial charge on any atom is 0.227 e. The van der Waals surface area contributed by atoms with Crippen molar-refractivity contribution in [3.63, 3.8) is 0 Å². The van der Waals surface area contributed by atoms with Gasteiger partial charge in [0.25, 0.3) is 0 Å². The Morgan fingerprint density at radius 3 is 2.83 bits per heavy atom. The van der Waals surface area contributed by atoms with Crippen LogP contribution in [0.5, 0.6) is 0 Å². The van der Waals surface area contributed by atoms with Crippen molar-refractivity contribution in [2.45, 2.75) is 19.4 Å². The van der Waals surface area contributed by atoms with E-state index in [1.165, 1.54) is 12.8 Å². The summed E-state index contributed by atoms with van der Waals surface area (Å²) in [5, 5.41) is 3.84. The Hall–Kier alpha value is -1.03. The summed E-state index contributed by atoms with van der Waals surface area (Å²) in [5.41, 5.74) is 6.25. The Morgan fingerprint density at radius 2 is 2.25 bits per heavy atom. The lowest BCUT2D eigenvalue weighted by atomic mass is 10.4. The topological polar surface area (TPSA) is 55.3 Å². The van der Waals surface area contributed by atoms with E-state index in [0.29, 0.717) is 6.54 Å². The predicted octanol–water partition coefficient (Wildman–Crippen LogP) is 0.733. The first-order valence-corrected chi connectivity index (χ1v) is 4.31. The van der Waals surface area contributed by atoms with Gasteiger partial charge in [-0.05, 0) is 12.8 Å². The molecule has 0 unspecified atom stereocenters. The molecule has 1 fully saturated rings. The van der Waals surface area contributed by atoms with Crippen LogP contribution >= 0.6 is 0 Å². The highest BCUT2D eigenvalue weighted by Crippen LogP contribution is 2.20. The standard InChI is InChI=1S/C8H13N3O/c9-6-7-5-8(12-10-7)11-3-1-2-4-11/h5H,1-4,6,9H2. The highest BCUT2D eigenvalue weighted by Gasteiger charge is 2.15. The van der Waals surface area contributed by atoms with Crippen molar-refractivity contribution >= 4 is 5.88 Å². The maximum atomic E-state index is 5.42. The van der Waals surface area contributed by atoms with Gasteiger partial charge >= 0.3 is 0 Å². The summed E-state index contributed by atoms with van der Waals surface area (Å²) >= 11 is 0. The lowest BCUT2D eigenvalue weighted by Gasteiger charge is -2.10. The number of aromatic nitrogens is 1. The molecule has 1 aromatic heterocycles. The number of nitrogens with two attached hydrogens (primary N) is 1. The first kappa shape index (κ1) is 7.61. The molecule has 0 radical (unpaired) electrons. The molecule has 66 valence electrons. The minimum Gasteiger partial charge on any atom is -0.341 e. The van der Waals surface area contributed by atoms with E-state index < -0.39 is 0 Å². The third-order valence-electron chi connectivity index (χ3n) is 2.17. The molecule has 4 nitrogen and oxygen atoms in total. The van der Waals surface area contributed by atoms with Crippen LogP contribution in [0, 0.1) is 0 Å². The molecule has 1 aliphatic rings. The smallest absolute Gasteiger partial charge is 0.227 e. The highest BCUT2D eigenvalue weighted by atomic mass is 16.5. The van der Waals surface area contributed by atoms with E-state index in [2.05, 4.69) is 10.1 Å². The Bertz CT molecular complexity index is 253. The first-order chi connectivity index (χ1) is 5.90. The Kier molecular flexibility index (Phi) is 1.99. The van der Waals surface area contributed by atoms with Crippen molar-refractivity contribution in [1.82, 2.24) is 5.16 Å². The zero-order valence-electron chi connectivity index (χ0n) is 6.99. The zero-order valence-corrected chi connectivity index (χ0v) is 6.99. The minimum absolute atomic E-state index is 0.456. The second-order valence-electron chi connectivity index (χ2n) is 3.05. The van der Waals surface area contributed by atoms with Crippen LogP contribution in [-0.2, 0) is 6.54 Å². The molecular formula is C8H13N3O. The number of nitrogens with zero attached hydrogens (tertiary/aromatic N) is 2. The summed E-state index contributed by atoms with van der Waals surface area (Å²) in [6.45, 7) is 2.62. The normalized spacial score (nSPS) is 17.2. The van der Waals surface area contributed by atoms with Gasteiger partial charge in [-0.3, -0.25) is 0 Å². The van der Waals surface area contributed by atoms with Gasteiger partial charge in [0.15, 0.2) is 0 Å². The second-order valence-corrected chi connectivity index (χ2v) is 3.05. The van der Waals surface area contributed by atoms with Crippen molar-refractivity contribution in [1.29, 1.82) is 0 Å². The van der Waals surface area contributed by atoms with Crippen LogP contribution in [0.1, 0.15) is 18.5 Å². The fourth-order valence-corrected chi connectivity index (χ4v) is 1.48. The van der Waals surface area contributed by atoms with Gasteiger partial charge < -0.3 is 15.2 Å². The van der Waals surface area contributed by atoms with Gasteiger partial charge in [-0.25, -0.2) is 0 Å². The second kappa shape index (κ2) is 3.15. The maximum absolute atomic E-state index is 5.42. The Balaban J connectivity index is 2.11. The van der Waals surface area contributed by atoms with Gasteiger partial charge in [0.2, 0.25) is 5.88 Å². The summed E-state index contributed by atoms with van der Waals surface area (Å²) in [4.78, 5) is 2.20. The van der Waals surface area contributed by atoms with Crippen LogP contribution in [0.25, 0.3) is 0 Å². The summed E-state index contributed by atoms with van der Waals surface area (Å²) in [7, 11) is 0. The molecule has 0 amide bonds. The average Bonchev–Trinajstić information content (AvgIpc) is 2.75. The van der Waals surface area contributed by atoms with E-state index in [1.54, 1.807) is 0 Å². The van der Waals surface area contributed by atoms with E-state index in [1.807, 2.05) is 6.07 Å².